The normalized spacial score (nSPS) is 10.2. The number of carbonyl (C=O) groups is 2. The highest BCUT2D eigenvalue weighted by Gasteiger charge is 2.07. The number of rotatable bonds is 8. The number of unbranched alkanes of at least 4 members (excludes halogenated alkanes) is 2. The van der Waals surface area contributed by atoms with Crippen LogP contribution in [0.2, 0.25) is 0 Å². The summed E-state index contributed by atoms with van der Waals surface area (Å²) >= 11 is 0. The Morgan fingerprint density at radius 2 is 1.72 bits per heavy atom. The molecule has 0 saturated heterocycles. The maximum absolute atomic E-state index is 11.9. The molecule has 2 aromatic rings. The highest BCUT2D eigenvalue weighted by molar-refractivity contribution is 5.92. The first-order chi connectivity index (χ1) is 12.1. The van der Waals surface area contributed by atoms with E-state index in [1.54, 1.807) is 12.1 Å². The van der Waals surface area contributed by atoms with Gasteiger partial charge in [-0.1, -0.05) is 19.8 Å². The van der Waals surface area contributed by atoms with Crippen LogP contribution in [0, 0.1) is 0 Å². The van der Waals surface area contributed by atoms with Gasteiger partial charge >= 0.3 is 0 Å². The molecule has 2 rings (SSSR count). The number of nitrogens with zero attached hydrogens (tertiary/aromatic N) is 2. The first-order valence-corrected chi connectivity index (χ1v) is 8.33. The van der Waals surface area contributed by atoms with Gasteiger partial charge in [0.25, 0.3) is 5.91 Å². The Morgan fingerprint density at radius 1 is 1.00 bits per heavy atom. The minimum atomic E-state index is -0.213. The lowest BCUT2D eigenvalue weighted by Crippen LogP contribution is -2.25. The van der Waals surface area contributed by atoms with Crippen molar-refractivity contribution in [3.05, 3.63) is 42.4 Å². The zero-order valence-corrected chi connectivity index (χ0v) is 14.5. The summed E-state index contributed by atoms with van der Waals surface area (Å²) in [5.41, 5.74) is 1.82. The molecule has 0 unspecified atom stereocenters. The summed E-state index contributed by atoms with van der Waals surface area (Å²) < 4.78 is 0. The molecule has 0 aliphatic carbocycles. The van der Waals surface area contributed by atoms with Crippen molar-refractivity contribution in [2.24, 2.45) is 0 Å². The molecule has 7 nitrogen and oxygen atoms in total. The third-order valence-corrected chi connectivity index (χ3v) is 3.43. The van der Waals surface area contributed by atoms with Crippen LogP contribution in [0.15, 0.2) is 36.7 Å². The van der Waals surface area contributed by atoms with Crippen molar-refractivity contribution < 1.29 is 9.59 Å². The van der Waals surface area contributed by atoms with Crippen LogP contribution in [0.3, 0.4) is 0 Å². The third kappa shape index (κ3) is 6.21. The fourth-order valence-corrected chi connectivity index (χ4v) is 2.17. The Morgan fingerprint density at radius 3 is 2.32 bits per heavy atom. The molecule has 0 spiro atoms. The molecular weight excluding hydrogens is 318 g/mol. The molecule has 1 heterocycles. The molecule has 1 aromatic carbocycles. The van der Waals surface area contributed by atoms with E-state index in [1.807, 2.05) is 12.1 Å². The molecule has 0 radical (unpaired) electrons. The number of nitrogens with one attached hydrogen (secondary N) is 3. The SMILES string of the molecule is CCCCCNC(=O)c1cnc(Nc2ccc(NC(C)=O)cc2)cn1. The van der Waals surface area contributed by atoms with Crippen LogP contribution in [0.4, 0.5) is 17.2 Å². The number of amides is 2. The van der Waals surface area contributed by atoms with Crippen molar-refractivity contribution >= 4 is 29.0 Å². The molecule has 0 aliphatic rings. The number of aromatic nitrogens is 2. The van der Waals surface area contributed by atoms with E-state index in [-0.39, 0.29) is 11.8 Å². The summed E-state index contributed by atoms with van der Waals surface area (Å²) in [7, 11) is 0. The van der Waals surface area contributed by atoms with E-state index in [1.165, 1.54) is 19.3 Å². The quantitative estimate of drug-likeness (QED) is 0.641. The molecule has 0 fully saturated rings. The van der Waals surface area contributed by atoms with E-state index >= 15 is 0 Å². The van der Waals surface area contributed by atoms with Crippen LogP contribution in [0.1, 0.15) is 43.6 Å². The zero-order valence-electron chi connectivity index (χ0n) is 14.5. The van der Waals surface area contributed by atoms with Gasteiger partial charge in [0.1, 0.15) is 11.5 Å². The van der Waals surface area contributed by atoms with Crippen LogP contribution < -0.4 is 16.0 Å². The van der Waals surface area contributed by atoms with Crippen molar-refractivity contribution in [3.8, 4) is 0 Å². The molecule has 0 aliphatic heterocycles. The predicted octanol–water partition coefficient (Wildman–Crippen LogP) is 3.10. The molecule has 0 bridgehead atoms. The number of benzene rings is 1. The monoisotopic (exact) mass is 341 g/mol. The number of anilines is 3. The van der Waals surface area contributed by atoms with Gasteiger partial charge in [0.2, 0.25) is 5.91 Å². The minimum absolute atomic E-state index is 0.116. The van der Waals surface area contributed by atoms with Gasteiger partial charge in [-0.3, -0.25) is 9.59 Å². The first kappa shape index (κ1) is 18.4. The van der Waals surface area contributed by atoms with Crippen molar-refractivity contribution in [1.82, 2.24) is 15.3 Å². The molecule has 132 valence electrons. The summed E-state index contributed by atoms with van der Waals surface area (Å²) in [6.07, 6.45) is 6.13. The largest absolute Gasteiger partial charge is 0.351 e. The molecule has 25 heavy (non-hydrogen) atoms. The number of hydrogen-bond donors (Lipinski definition) is 3. The molecular formula is C18H23N5O2. The highest BCUT2D eigenvalue weighted by atomic mass is 16.2. The second-order valence-corrected chi connectivity index (χ2v) is 5.63. The Balaban J connectivity index is 1.89. The van der Waals surface area contributed by atoms with Crippen LogP contribution in [0.25, 0.3) is 0 Å². The summed E-state index contributed by atoms with van der Waals surface area (Å²) in [6, 6.07) is 7.22. The molecule has 1 aromatic heterocycles. The third-order valence-electron chi connectivity index (χ3n) is 3.43. The van der Waals surface area contributed by atoms with Crippen molar-refractivity contribution in [3.63, 3.8) is 0 Å². The smallest absolute Gasteiger partial charge is 0.271 e. The van der Waals surface area contributed by atoms with E-state index in [0.717, 1.165) is 30.6 Å². The van der Waals surface area contributed by atoms with Gasteiger partial charge in [0.15, 0.2) is 0 Å². The predicted molar refractivity (Wildman–Crippen MR) is 97.9 cm³/mol. The van der Waals surface area contributed by atoms with Gasteiger partial charge in [0, 0.05) is 24.8 Å². The standard InChI is InChI=1S/C18H23N5O2/c1-3-4-5-10-19-18(25)16-11-21-17(12-20-16)23-15-8-6-14(7-9-15)22-13(2)24/h6-9,11-12H,3-5,10H2,1-2H3,(H,19,25)(H,21,23)(H,22,24). The van der Waals surface area contributed by atoms with Crippen molar-refractivity contribution in [2.45, 2.75) is 33.1 Å². The molecule has 3 N–H and O–H groups in total. The van der Waals surface area contributed by atoms with Gasteiger partial charge < -0.3 is 16.0 Å². The van der Waals surface area contributed by atoms with Crippen LogP contribution in [-0.4, -0.2) is 28.3 Å². The maximum atomic E-state index is 11.9. The second-order valence-electron chi connectivity index (χ2n) is 5.63. The lowest BCUT2D eigenvalue weighted by atomic mass is 10.2. The van der Waals surface area contributed by atoms with Gasteiger partial charge in [-0.05, 0) is 30.7 Å². The van der Waals surface area contributed by atoms with E-state index in [9.17, 15) is 9.59 Å². The van der Waals surface area contributed by atoms with E-state index < -0.39 is 0 Å². The highest BCUT2D eigenvalue weighted by Crippen LogP contribution is 2.17. The summed E-state index contributed by atoms with van der Waals surface area (Å²) in [4.78, 5) is 31.3. The summed E-state index contributed by atoms with van der Waals surface area (Å²) in [5, 5.41) is 8.62. The average Bonchev–Trinajstić information content (AvgIpc) is 2.60. The Labute approximate surface area is 147 Å². The van der Waals surface area contributed by atoms with E-state index in [2.05, 4.69) is 32.8 Å². The fraction of sp³-hybridized carbons (Fsp3) is 0.333. The first-order valence-electron chi connectivity index (χ1n) is 8.33. The maximum Gasteiger partial charge on any atom is 0.271 e. The number of hydrogen-bond acceptors (Lipinski definition) is 5. The summed E-state index contributed by atoms with van der Waals surface area (Å²) in [5.74, 6) is 0.208. The lowest BCUT2D eigenvalue weighted by molar-refractivity contribution is -0.114. The van der Waals surface area contributed by atoms with E-state index in [0.29, 0.717) is 18.1 Å². The number of carbonyl (C=O) groups excluding carboxylic acids is 2. The van der Waals surface area contributed by atoms with Crippen LogP contribution in [0.5, 0.6) is 0 Å². The molecule has 0 saturated carbocycles. The van der Waals surface area contributed by atoms with Crippen molar-refractivity contribution in [1.29, 1.82) is 0 Å². The minimum Gasteiger partial charge on any atom is -0.351 e. The Bertz CT molecular complexity index is 698. The van der Waals surface area contributed by atoms with Gasteiger partial charge in [0.05, 0.1) is 12.4 Å². The average molecular weight is 341 g/mol. The Hall–Kier alpha value is -2.96. The van der Waals surface area contributed by atoms with Gasteiger partial charge in [-0.25, -0.2) is 9.97 Å². The lowest BCUT2D eigenvalue weighted by Gasteiger charge is -2.08. The molecule has 0 atom stereocenters. The van der Waals surface area contributed by atoms with Gasteiger partial charge in [-0.2, -0.15) is 0 Å². The fourth-order valence-electron chi connectivity index (χ4n) is 2.17. The van der Waals surface area contributed by atoms with Crippen LogP contribution >= 0.6 is 0 Å². The molecule has 2 amide bonds. The molecule has 7 heteroatoms. The summed E-state index contributed by atoms with van der Waals surface area (Å²) in [6.45, 7) is 4.23. The Kier molecular flexibility index (Phi) is 6.88. The van der Waals surface area contributed by atoms with Crippen molar-refractivity contribution in [2.75, 3.05) is 17.2 Å². The van der Waals surface area contributed by atoms with E-state index in [4.69, 9.17) is 0 Å². The topological polar surface area (TPSA) is 96.0 Å². The van der Waals surface area contributed by atoms with Gasteiger partial charge in [-0.15, -0.1) is 0 Å². The second kappa shape index (κ2) is 9.36. The zero-order chi connectivity index (χ0) is 18.1. The van der Waals surface area contributed by atoms with Crippen LogP contribution in [-0.2, 0) is 4.79 Å².